The summed E-state index contributed by atoms with van der Waals surface area (Å²) >= 11 is 3.36. The summed E-state index contributed by atoms with van der Waals surface area (Å²) in [6.07, 6.45) is 0. The molecule has 0 radical (unpaired) electrons. The normalized spacial score (nSPS) is 17.0. The Bertz CT molecular complexity index is 549. The van der Waals surface area contributed by atoms with Crippen molar-refractivity contribution < 1.29 is 8.42 Å². The third-order valence-electron chi connectivity index (χ3n) is 2.46. The van der Waals surface area contributed by atoms with Gasteiger partial charge in [-0.15, -0.1) is 0 Å². The topological polar surface area (TPSA) is 46.2 Å². The molecule has 0 unspecified atom stereocenters. The molecule has 0 spiro atoms. The van der Waals surface area contributed by atoms with Crippen LogP contribution in [0.25, 0.3) is 5.57 Å². The third-order valence-corrected chi connectivity index (χ3v) is 4.51. The van der Waals surface area contributed by atoms with E-state index in [9.17, 15) is 8.42 Å². The molecule has 0 aliphatic carbocycles. The number of fused-ring (bicyclic) bond motifs is 1. The lowest BCUT2D eigenvalue weighted by molar-refractivity contribution is 0.605. The Morgan fingerprint density at radius 3 is 2.81 bits per heavy atom. The predicted octanol–water partition coefficient (Wildman–Crippen LogP) is 2.19. The molecule has 0 saturated carbocycles. The number of benzene rings is 1. The van der Waals surface area contributed by atoms with Crippen LogP contribution in [0.15, 0.2) is 33.0 Å². The van der Waals surface area contributed by atoms with Gasteiger partial charge in [-0.1, -0.05) is 22.9 Å². The number of likely N-dealkylation sites (N-methyl/N-ethyl adjacent to an activating group) is 1. The van der Waals surface area contributed by atoms with E-state index in [1.54, 1.807) is 12.1 Å². The predicted molar refractivity (Wildman–Crippen MR) is 67.8 cm³/mol. The molecule has 1 heterocycles. The van der Waals surface area contributed by atoms with E-state index < -0.39 is 9.84 Å². The van der Waals surface area contributed by atoms with Crippen LogP contribution in [0, 0.1) is 0 Å². The van der Waals surface area contributed by atoms with E-state index in [1.807, 2.05) is 13.0 Å². The summed E-state index contributed by atoms with van der Waals surface area (Å²) in [5.74, 6) is 0. The van der Waals surface area contributed by atoms with Crippen molar-refractivity contribution in [1.29, 1.82) is 0 Å². The van der Waals surface area contributed by atoms with Crippen LogP contribution in [0.4, 0.5) is 0 Å². The van der Waals surface area contributed by atoms with Crippen molar-refractivity contribution in [1.82, 2.24) is 5.32 Å². The van der Waals surface area contributed by atoms with Crippen LogP contribution in [0.3, 0.4) is 0 Å². The Labute approximate surface area is 104 Å². The Balaban J connectivity index is 2.49. The fourth-order valence-electron chi connectivity index (χ4n) is 1.71. The second kappa shape index (κ2) is 4.31. The minimum atomic E-state index is -3.22. The van der Waals surface area contributed by atoms with Gasteiger partial charge in [-0.05, 0) is 35.9 Å². The molecule has 1 aliphatic rings. The van der Waals surface area contributed by atoms with Crippen LogP contribution in [0.5, 0.6) is 0 Å². The SMILES string of the molecule is CCNCC1=CS(=O)(=O)c2ccc(Br)cc21. The highest BCUT2D eigenvalue weighted by Gasteiger charge is 2.26. The lowest BCUT2D eigenvalue weighted by Crippen LogP contribution is -2.14. The van der Waals surface area contributed by atoms with Gasteiger partial charge in [-0.3, -0.25) is 0 Å². The minimum Gasteiger partial charge on any atom is -0.313 e. The first-order valence-corrected chi connectivity index (χ1v) is 7.35. The Morgan fingerprint density at radius 1 is 1.38 bits per heavy atom. The largest absolute Gasteiger partial charge is 0.313 e. The van der Waals surface area contributed by atoms with E-state index in [2.05, 4.69) is 21.2 Å². The molecule has 86 valence electrons. The van der Waals surface area contributed by atoms with Crippen LogP contribution < -0.4 is 5.32 Å². The van der Waals surface area contributed by atoms with Gasteiger partial charge >= 0.3 is 0 Å². The molecule has 2 rings (SSSR count). The van der Waals surface area contributed by atoms with Gasteiger partial charge in [-0.2, -0.15) is 0 Å². The maximum atomic E-state index is 11.8. The average molecular weight is 302 g/mol. The van der Waals surface area contributed by atoms with E-state index >= 15 is 0 Å². The first kappa shape index (κ1) is 11.8. The summed E-state index contributed by atoms with van der Waals surface area (Å²) in [4.78, 5) is 0.406. The molecule has 0 fully saturated rings. The first-order valence-electron chi connectivity index (χ1n) is 5.01. The van der Waals surface area contributed by atoms with E-state index in [0.717, 1.165) is 22.2 Å². The molecule has 1 N–H and O–H groups in total. The number of nitrogens with one attached hydrogen (secondary N) is 1. The number of sulfone groups is 1. The van der Waals surface area contributed by atoms with Crippen molar-refractivity contribution >= 4 is 31.3 Å². The summed E-state index contributed by atoms with van der Waals surface area (Å²) in [7, 11) is -3.22. The smallest absolute Gasteiger partial charge is 0.200 e. The molecule has 3 nitrogen and oxygen atoms in total. The van der Waals surface area contributed by atoms with E-state index in [0.29, 0.717) is 11.4 Å². The van der Waals surface area contributed by atoms with Crippen molar-refractivity contribution in [2.75, 3.05) is 13.1 Å². The molecule has 1 aromatic rings. The van der Waals surface area contributed by atoms with E-state index in [1.165, 1.54) is 5.41 Å². The third kappa shape index (κ3) is 2.07. The molecule has 0 aromatic heterocycles. The summed E-state index contributed by atoms with van der Waals surface area (Å²) in [5, 5.41) is 4.49. The maximum Gasteiger partial charge on any atom is 0.200 e. The van der Waals surface area contributed by atoms with Crippen molar-refractivity contribution in [2.45, 2.75) is 11.8 Å². The molecular weight excluding hydrogens is 290 g/mol. The molecule has 1 aromatic carbocycles. The van der Waals surface area contributed by atoms with Crippen LogP contribution in [-0.4, -0.2) is 21.5 Å². The molecule has 5 heteroatoms. The second-order valence-electron chi connectivity index (χ2n) is 3.61. The Hall–Kier alpha value is -0.650. The zero-order chi connectivity index (χ0) is 11.8. The van der Waals surface area contributed by atoms with Crippen molar-refractivity contribution in [3.63, 3.8) is 0 Å². The first-order chi connectivity index (χ1) is 7.54. The molecule has 0 saturated heterocycles. The van der Waals surface area contributed by atoms with Gasteiger partial charge < -0.3 is 5.32 Å². The summed E-state index contributed by atoms with van der Waals surface area (Å²) < 4.78 is 24.5. The van der Waals surface area contributed by atoms with Crippen LogP contribution in [0.1, 0.15) is 12.5 Å². The van der Waals surface area contributed by atoms with Crippen molar-refractivity contribution in [2.24, 2.45) is 0 Å². The highest BCUT2D eigenvalue weighted by Crippen LogP contribution is 2.34. The number of rotatable bonds is 3. The zero-order valence-corrected chi connectivity index (χ0v) is 11.2. The highest BCUT2D eigenvalue weighted by atomic mass is 79.9. The minimum absolute atomic E-state index is 0.406. The van der Waals surface area contributed by atoms with Gasteiger partial charge in [0.2, 0.25) is 9.84 Å². The fraction of sp³-hybridized carbons (Fsp3) is 0.273. The van der Waals surface area contributed by atoms with Gasteiger partial charge in [0.05, 0.1) is 4.90 Å². The highest BCUT2D eigenvalue weighted by molar-refractivity contribution is 9.10. The molecule has 1 aliphatic heterocycles. The lowest BCUT2D eigenvalue weighted by Gasteiger charge is -2.05. The van der Waals surface area contributed by atoms with Gasteiger partial charge in [-0.25, -0.2) is 8.42 Å². The van der Waals surface area contributed by atoms with Crippen molar-refractivity contribution in [3.05, 3.63) is 33.6 Å². The van der Waals surface area contributed by atoms with Gasteiger partial charge in [0, 0.05) is 16.4 Å². The van der Waals surface area contributed by atoms with Crippen LogP contribution >= 0.6 is 15.9 Å². The van der Waals surface area contributed by atoms with Crippen LogP contribution in [-0.2, 0) is 9.84 Å². The molecule has 0 amide bonds. The Morgan fingerprint density at radius 2 is 2.12 bits per heavy atom. The number of halogens is 1. The fourth-order valence-corrected chi connectivity index (χ4v) is 3.54. The average Bonchev–Trinajstić information content (AvgIpc) is 2.47. The van der Waals surface area contributed by atoms with E-state index in [-0.39, 0.29) is 0 Å². The number of hydrogen-bond acceptors (Lipinski definition) is 3. The second-order valence-corrected chi connectivity index (χ2v) is 6.29. The Kier molecular flexibility index (Phi) is 3.19. The molecule has 16 heavy (non-hydrogen) atoms. The quantitative estimate of drug-likeness (QED) is 0.931. The van der Waals surface area contributed by atoms with Crippen LogP contribution in [0.2, 0.25) is 0 Å². The van der Waals surface area contributed by atoms with Gasteiger partial charge in [0.15, 0.2) is 0 Å². The van der Waals surface area contributed by atoms with Gasteiger partial charge in [0.1, 0.15) is 0 Å². The monoisotopic (exact) mass is 301 g/mol. The molecule has 0 atom stereocenters. The maximum absolute atomic E-state index is 11.8. The van der Waals surface area contributed by atoms with Crippen molar-refractivity contribution in [3.8, 4) is 0 Å². The summed E-state index contributed by atoms with van der Waals surface area (Å²) in [6.45, 7) is 3.39. The zero-order valence-electron chi connectivity index (χ0n) is 8.83. The molecular formula is C11H12BrNO2S. The summed E-state index contributed by atoms with van der Waals surface area (Å²) in [6, 6.07) is 5.24. The van der Waals surface area contributed by atoms with Gasteiger partial charge in [0.25, 0.3) is 0 Å². The van der Waals surface area contributed by atoms with E-state index in [4.69, 9.17) is 0 Å². The standard InChI is InChI=1S/C11H12BrNO2S/c1-2-13-6-8-7-16(14,15)11-4-3-9(12)5-10(8)11/h3-5,7,13H,2,6H2,1H3. The molecule has 0 bridgehead atoms. The lowest BCUT2D eigenvalue weighted by atomic mass is 10.1. The number of hydrogen-bond donors (Lipinski definition) is 1. The summed E-state index contributed by atoms with van der Waals surface area (Å²) in [5.41, 5.74) is 1.63.